The number of aryl methyl sites for hydroxylation is 2. The van der Waals surface area contributed by atoms with Crippen molar-refractivity contribution in [2.75, 3.05) is 6.54 Å². The van der Waals surface area contributed by atoms with Gasteiger partial charge in [0.2, 0.25) is 0 Å². The van der Waals surface area contributed by atoms with Gasteiger partial charge in [-0.05, 0) is 37.5 Å². The number of ether oxygens (including phenoxy) is 1. The molecule has 2 aromatic carbocycles. The van der Waals surface area contributed by atoms with Crippen molar-refractivity contribution in [1.29, 1.82) is 0 Å². The van der Waals surface area contributed by atoms with E-state index in [-0.39, 0.29) is 24.0 Å². The average molecular weight is 551 g/mol. The summed E-state index contributed by atoms with van der Waals surface area (Å²) in [4.78, 5) is 10.5. The van der Waals surface area contributed by atoms with E-state index >= 15 is 0 Å². The molecule has 166 valence electrons. The van der Waals surface area contributed by atoms with Crippen molar-refractivity contribution < 1.29 is 4.74 Å². The third-order valence-electron chi connectivity index (χ3n) is 4.65. The van der Waals surface area contributed by atoms with E-state index in [9.17, 15) is 0 Å². The van der Waals surface area contributed by atoms with Crippen molar-refractivity contribution >= 4 is 41.3 Å². The highest BCUT2D eigenvalue weighted by molar-refractivity contribution is 14.0. The maximum Gasteiger partial charge on any atom is 0.191 e. The zero-order chi connectivity index (χ0) is 21.2. The molecular formula is C24H31IN4OS. The Morgan fingerprint density at radius 1 is 0.935 bits per heavy atom. The second kappa shape index (κ2) is 13.4. The number of hydrogen-bond acceptors (Lipinski definition) is 4. The number of thiazole rings is 1. The van der Waals surface area contributed by atoms with Crippen molar-refractivity contribution in [3.8, 4) is 0 Å². The zero-order valence-electron chi connectivity index (χ0n) is 18.4. The summed E-state index contributed by atoms with van der Waals surface area (Å²) in [6, 6.07) is 18.7. The van der Waals surface area contributed by atoms with Crippen LogP contribution in [0.15, 0.2) is 59.6 Å². The molecule has 0 bridgehead atoms. The molecule has 2 N–H and O–H groups in total. The summed E-state index contributed by atoms with van der Waals surface area (Å²) in [6.45, 7) is 9.58. The number of aromatic nitrogens is 1. The summed E-state index contributed by atoms with van der Waals surface area (Å²) in [5, 5.41) is 7.74. The van der Waals surface area contributed by atoms with Crippen LogP contribution in [0.2, 0.25) is 0 Å². The van der Waals surface area contributed by atoms with Gasteiger partial charge in [-0.1, -0.05) is 54.6 Å². The first-order chi connectivity index (χ1) is 14.6. The molecule has 0 unspecified atom stereocenters. The lowest BCUT2D eigenvalue weighted by molar-refractivity contribution is 0.107. The van der Waals surface area contributed by atoms with Crippen LogP contribution in [0.3, 0.4) is 0 Å². The van der Waals surface area contributed by atoms with Crippen LogP contribution < -0.4 is 10.6 Å². The highest BCUT2D eigenvalue weighted by Crippen LogP contribution is 2.16. The van der Waals surface area contributed by atoms with Crippen LogP contribution in [0, 0.1) is 13.8 Å². The number of halogens is 1. The van der Waals surface area contributed by atoms with Gasteiger partial charge in [0.25, 0.3) is 0 Å². The maximum atomic E-state index is 5.81. The van der Waals surface area contributed by atoms with Gasteiger partial charge in [-0.2, -0.15) is 0 Å². The third kappa shape index (κ3) is 8.59. The molecule has 0 aliphatic heterocycles. The number of hydrogen-bond donors (Lipinski definition) is 2. The summed E-state index contributed by atoms with van der Waals surface area (Å²) in [6.07, 6.45) is 0. The molecule has 0 radical (unpaired) electrons. The fraction of sp³-hybridized carbons (Fsp3) is 0.333. The normalized spacial score (nSPS) is 11.1. The molecule has 0 aliphatic rings. The molecule has 0 spiro atoms. The zero-order valence-corrected chi connectivity index (χ0v) is 21.5. The van der Waals surface area contributed by atoms with Gasteiger partial charge in [0, 0.05) is 11.4 Å². The van der Waals surface area contributed by atoms with E-state index in [0.29, 0.717) is 26.3 Å². The van der Waals surface area contributed by atoms with E-state index in [2.05, 4.69) is 65.9 Å². The Morgan fingerprint density at radius 2 is 1.58 bits per heavy atom. The number of nitrogens with one attached hydrogen (secondary N) is 2. The lowest BCUT2D eigenvalue weighted by atomic mass is 10.1. The van der Waals surface area contributed by atoms with E-state index in [4.69, 9.17) is 9.73 Å². The highest BCUT2D eigenvalue weighted by Gasteiger charge is 2.05. The minimum absolute atomic E-state index is 0. The molecule has 1 aromatic heterocycles. The molecule has 0 atom stereocenters. The first-order valence-electron chi connectivity index (χ1n) is 10.3. The lowest BCUT2D eigenvalue weighted by Gasteiger charge is -2.10. The number of nitrogens with zero attached hydrogens (tertiary/aromatic N) is 2. The molecule has 0 fully saturated rings. The fourth-order valence-corrected chi connectivity index (χ4v) is 3.76. The predicted molar refractivity (Wildman–Crippen MR) is 140 cm³/mol. The molecule has 0 aliphatic carbocycles. The summed E-state index contributed by atoms with van der Waals surface area (Å²) in [5.41, 5.74) is 4.62. The van der Waals surface area contributed by atoms with E-state index < -0.39 is 0 Å². The van der Waals surface area contributed by atoms with Crippen molar-refractivity contribution in [3.63, 3.8) is 0 Å². The fourth-order valence-electron chi connectivity index (χ4n) is 2.89. The Morgan fingerprint density at radius 3 is 2.19 bits per heavy atom. The second-order valence-corrected chi connectivity index (χ2v) is 8.38. The largest absolute Gasteiger partial charge is 0.372 e. The summed E-state index contributed by atoms with van der Waals surface area (Å²) < 4.78 is 5.81. The Labute approximate surface area is 206 Å². The van der Waals surface area contributed by atoms with Gasteiger partial charge in [-0.25, -0.2) is 9.98 Å². The van der Waals surface area contributed by atoms with Gasteiger partial charge in [0.1, 0.15) is 5.01 Å². The van der Waals surface area contributed by atoms with Crippen LogP contribution in [0.25, 0.3) is 0 Å². The Hall–Kier alpha value is -1.97. The highest BCUT2D eigenvalue weighted by atomic mass is 127. The van der Waals surface area contributed by atoms with Crippen LogP contribution >= 0.6 is 35.3 Å². The maximum absolute atomic E-state index is 5.81. The number of benzene rings is 2. The minimum atomic E-state index is 0. The lowest BCUT2D eigenvalue weighted by Crippen LogP contribution is -2.36. The first kappa shape index (κ1) is 25.3. The van der Waals surface area contributed by atoms with Gasteiger partial charge < -0.3 is 15.4 Å². The molecule has 0 amide bonds. The topological polar surface area (TPSA) is 58.5 Å². The van der Waals surface area contributed by atoms with Crippen molar-refractivity contribution in [3.05, 3.63) is 86.9 Å². The van der Waals surface area contributed by atoms with Gasteiger partial charge in [0.15, 0.2) is 5.96 Å². The third-order valence-corrected chi connectivity index (χ3v) is 5.72. The van der Waals surface area contributed by atoms with Crippen molar-refractivity contribution in [2.24, 2.45) is 4.99 Å². The molecule has 0 saturated heterocycles. The molecular weight excluding hydrogens is 519 g/mol. The minimum Gasteiger partial charge on any atom is -0.372 e. The first-order valence-corrected chi connectivity index (χ1v) is 11.1. The summed E-state index contributed by atoms with van der Waals surface area (Å²) in [5.74, 6) is 0.804. The van der Waals surface area contributed by atoms with Crippen LogP contribution in [-0.4, -0.2) is 17.5 Å². The number of aliphatic imine (C=N–C) groups is 1. The van der Waals surface area contributed by atoms with Crippen LogP contribution in [-0.2, 0) is 31.0 Å². The monoisotopic (exact) mass is 550 g/mol. The van der Waals surface area contributed by atoms with Crippen molar-refractivity contribution in [1.82, 2.24) is 15.6 Å². The molecule has 3 rings (SSSR count). The molecule has 0 saturated carbocycles. The molecule has 5 nitrogen and oxygen atoms in total. The van der Waals surface area contributed by atoms with Crippen LogP contribution in [0.4, 0.5) is 0 Å². The SMILES string of the molecule is CCNC(=NCc1ccc(COCc2ccccc2)cc1)NCc1nc(C)c(C)s1.I. The quantitative estimate of drug-likeness (QED) is 0.214. The van der Waals surface area contributed by atoms with Crippen molar-refractivity contribution in [2.45, 2.75) is 47.1 Å². The predicted octanol–water partition coefficient (Wildman–Crippen LogP) is 5.35. The van der Waals surface area contributed by atoms with Crippen LogP contribution in [0.1, 0.15) is 39.2 Å². The Kier molecular flexibility index (Phi) is 11.0. The van der Waals surface area contributed by atoms with E-state index in [1.807, 2.05) is 25.1 Å². The number of rotatable bonds is 9. The molecule has 7 heteroatoms. The van der Waals surface area contributed by atoms with Crippen LogP contribution in [0.5, 0.6) is 0 Å². The van der Waals surface area contributed by atoms with E-state index in [1.54, 1.807) is 11.3 Å². The Bertz CT molecular complexity index is 922. The molecule has 31 heavy (non-hydrogen) atoms. The molecule has 1 heterocycles. The van der Waals surface area contributed by atoms with E-state index in [1.165, 1.54) is 21.6 Å². The Balaban J connectivity index is 0.00000341. The standard InChI is InChI=1S/C24H30N4OS.HI/c1-4-25-24(27-15-23-28-18(2)19(3)30-23)26-14-20-10-12-22(13-11-20)17-29-16-21-8-6-5-7-9-21;/h5-13H,4,14-17H2,1-3H3,(H2,25,26,27);1H. The smallest absolute Gasteiger partial charge is 0.191 e. The average Bonchev–Trinajstić information content (AvgIpc) is 3.09. The molecule has 3 aromatic rings. The number of guanidine groups is 1. The van der Waals surface area contributed by atoms with Gasteiger partial charge in [-0.3, -0.25) is 0 Å². The summed E-state index contributed by atoms with van der Waals surface area (Å²) in [7, 11) is 0. The van der Waals surface area contributed by atoms with Gasteiger partial charge in [-0.15, -0.1) is 35.3 Å². The summed E-state index contributed by atoms with van der Waals surface area (Å²) >= 11 is 1.73. The van der Waals surface area contributed by atoms with Gasteiger partial charge in [0.05, 0.1) is 32.0 Å². The second-order valence-electron chi connectivity index (χ2n) is 7.09. The van der Waals surface area contributed by atoms with E-state index in [0.717, 1.165) is 23.2 Å². The van der Waals surface area contributed by atoms with Gasteiger partial charge >= 0.3 is 0 Å².